The summed E-state index contributed by atoms with van der Waals surface area (Å²) in [4.78, 5) is 26.6. The summed E-state index contributed by atoms with van der Waals surface area (Å²) in [6, 6.07) is 2.76. The Balaban J connectivity index is 0.00000264. The Morgan fingerprint density at radius 1 is 1.43 bits per heavy atom. The fourth-order valence-corrected chi connectivity index (χ4v) is 3.07. The highest BCUT2D eigenvalue weighted by Crippen LogP contribution is 2.22. The second-order valence-corrected chi connectivity index (χ2v) is 6.21. The van der Waals surface area contributed by atoms with E-state index >= 15 is 0 Å². The molecule has 5 nitrogen and oxygen atoms in total. The molecule has 1 saturated heterocycles. The molecular formula is C14H20ClF2N3O2S. The van der Waals surface area contributed by atoms with E-state index in [1.165, 1.54) is 16.2 Å². The van der Waals surface area contributed by atoms with E-state index < -0.39 is 31.0 Å². The lowest BCUT2D eigenvalue weighted by Gasteiger charge is -2.34. The smallest absolute Gasteiger partial charge is 0.277 e. The van der Waals surface area contributed by atoms with Crippen molar-refractivity contribution in [1.29, 1.82) is 0 Å². The Kier molecular flexibility index (Phi) is 7.37. The maximum absolute atomic E-state index is 13.1. The van der Waals surface area contributed by atoms with Gasteiger partial charge in [0.25, 0.3) is 11.8 Å². The van der Waals surface area contributed by atoms with Crippen molar-refractivity contribution in [2.45, 2.75) is 31.2 Å². The van der Waals surface area contributed by atoms with Crippen LogP contribution < -0.4 is 11.1 Å². The first-order valence-electron chi connectivity index (χ1n) is 7.15. The first-order chi connectivity index (χ1) is 10.4. The summed E-state index contributed by atoms with van der Waals surface area (Å²) < 4.78 is 26.3. The SMILES string of the molecule is Cl.NCC(F)(F)CNC(=O)C1CCCCN1C(=O)c1cccs1. The van der Waals surface area contributed by atoms with E-state index in [2.05, 4.69) is 5.32 Å². The summed E-state index contributed by atoms with van der Waals surface area (Å²) >= 11 is 1.30. The number of rotatable bonds is 5. The van der Waals surface area contributed by atoms with Crippen LogP contribution in [0, 0.1) is 0 Å². The van der Waals surface area contributed by atoms with Gasteiger partial charge in [-0.1, -0.05) is 6.07 Å². The topological polar surface area (TPSA) is 75.4 Å². The maximum Gasteiger partial charge on any atom is 0.277 e. The number of thiophene rings is 1. The molecule has 1 aliphatic heterocycles. The van der Waals surface area contributed by atoms with E-state index in [9.17, 15) is 18.4 Å². The van der Waals surface area contributed by atoms with Crippen molar-refractivity contribution in [3.63, 3.8) is 0 Å². The lowest BCUT2D eigenvalue weighted by molar-refractivity contribution is -0.128. The number of carbonyl (C=O) groups is 2. The number of hydrogen-bond acceptors (Lipinski definition) is 4. The van der Waals surface area contributed by atoms with E-state index in [-0.39, 0.29) is 18.3 Å². The van der Waals surface area contributed by atoms with Crippen LogP contribution in [0.5, 0.6) is 0 Å². The third kappa shape index (κ3) is 5.12. The van der Waals surface area contributed by atoms with Crippen molar-refractivity contribution in [3.05, 3.63) is 22.4 Å². The normalized spacial score (nSPS) is 18.2. The van der Waals surface area contributed by atoms with Gasteiger partial charge in [-0.15, -0.1) is 23.7 Å². The average Bonchev–Trinajstić information content (AvgIpc) is 3.06. The molecule has 1 aromatic heterocycles. The van der Waals surface area contributed by atoms with Crippen molar-refractivity contribution in [2.75, 3.05) is 19.6 Å². The fraction of sp³-hybridized carbons (Fsp3) is 0.571. The molecule has 23 heavy (non-hydrogen) atoms. The van der Waals surface area contributed by atoms with Crippen molar-refractivity contribution in [3.8, 4) is 0 Å². The molecule has 2 rings (SSSR count). The third-order valence-electron chi connectivity index (χ3n) is 3.62. The number of nitrogens with zero attached hydrogens (tertiary/aromatic N) is 1. The zero-order valence-corrected chi connectivity index (χ0v) is 14.1. The van der Waals surface area contributed by atoms with Gasteiger partial charge in [0, 0.05) is 6.54 Å². The van der Waals surface area contributed by atoms with Gasteiger partial charge in [0.15, 0.2) is 0 Å². The molecular weight excluding hydrogens is 348 g/mol. The van der Waals surface area contributed by atoms with Gasteiger partial charge in [-0.2, -0.15) is 0 Å². The molecule has 3 N–H and O–H groups in total. The molecule has 0 radical (unpaired) electrons. The molecule has 2 amide bonds. The molecule has 0 aromatic carbocycles. The molecule has 0 spiro atoms. The Hall–Kier alpha value is -1.25. The number of nitrogens with two attached hydrogens (primary N) is 1. The Morgan fingerprint density at radius 2 is 2.17 bits per heavy atom. The monoisotopic (exact) mass is 367 g/mol. The van der Waals surface area contributed by atoms with Crippen LogP contribution in [0.25, 0.3) is 0 Å². The van der Waals surface area contributed by atoms with Gasteiger partial charge in [-0.25, -0.2) is 8.78 Å². The molecule has 1 atom stereocenters. The van der Waals surface area contributed by atoms with Crippen LogP contribution in [-0.2, 0) is 4.79 Å². The molecule has 2 heterocycles. The van der Waals surface area contributed by atoms with Gasteiger partial charge in [0.2, 0.25) is 5.91 Å². The lowest BCUT2D eigenvalue weighted by Crippen LogP contribution is -2.54. The summed E-state index contributed by atoms with van der Waals surface area (Å²) in [6.07, 6.45) is 2.08. The minimum absolute atomic E-state index is 0. The van der Waals surface area contributed by atoms with Crippen molar-refractivity contribution in [1.82, 2.24) is 10.2 Å². The van der Waals surface area contributed by atoms with Crippen molar-refractivity contribution in [2.24, 2.45) is 5.73 Å². The minimum Gasteiger partial charge on any atom is -0.348 e. The van der Waals surface area contributed by atoms with Crippen LogP contribution in [-0.4, -0.2) is 48.3 Å². The highest BCUT2D eigenvalue weighted by atomic mass is 35.5. The summed E-state index contributed by atoms with van der Waals surface area (Å²) in [6.45, 7) is -1.17. The predicted molar refractivity (Wildman–Crippen MR) is 87.3 cm³/mol. The highest BCUT2D eigenvalue weighted by Gasteiger charge is 2.35. The number of alkyl halides is 2. The number of hydrogen-bond donors (Lipinski definition) is 2. The van der Waals surface area contributed by atoms with Crippen LogP contribution in [0.2, 0.25) is 0 Å². The first-order valence-corrected chi connectivity index (χ1v) is 8.02. The van der Waals surface area contributed by atoms with Crippen LogP contribution in [0.15, 0.2) is 17.5 Å². The van der Waals surface area contributed by atoms with E-state index in [0.717, 1.165) is 12.8 Å². The van der Waals surface area contributed by atoms with Crippen LogP contribution >= 0.6 is 23.7 Å². The van der Waals surface area contributed by atoms with Crippen molar-refractivity contribution >= 4 is 35.6 Å². The van der Waals surface area contributed by atoms with Gasteiger partial charge in [0.05, 0.1) is 18.0 Å². The van der Waals surface area contributed by atoms with E-state index in [0.29, 0.717) is 17.8 Å². The Morgan fingerprint density at radius 3 is 2.78 bits per heavy atom. The molecule has 1 aliphatic rings. The zero-order chi connectivity index (χ0) is 16.2. The number of piperidine rings is 1. The maximum atomic E-state index is 13.1. The van der Waals surface area contributed by atoms with Crippen molar-refractivity contribution < 1.29 is 18.4 Å². The summed E-state index contributed by atoms with van der Waals surface area (Å²) in [5, 5.41) is 4.00. The second-order valence-electron chi connectivity index (χ2n) is 5.27. The van der Waals surface area contributed by atoms with Gasteiger partial charge in [-0.3, -0.25) is 9.59 Å². The van der Waals surface area contributed by atoms with Gasteiger partial charge < -0.3 is 16.0 Å². The number of likely N-dealkylation sites (tertiary alicyclic amines) is 1. The zero-order valence-electron chi connectivity index (χ0n) is 12.5. The standard InChI is InChI=1S/C14H19F2N3O2S.ClH/c15-14(16,8-17)9-18-12(20)10-4-1-2-6-19(10)13(21)11-5-3-7-22-11;/h3,5,7,10H,1-2,4,6,8-9,17H2,(H,18,20);1H. The van der Waals surface area contributed by atoms with Crippen LogP contribution in [0.1, 0.15) is 28.9 Å². The predicted octanol–water partition coefficient (Wildman–Crippen LogP) is 1.87. The molecule has 0 aliphatic carbocycles. The molecule has 9 heteroatoms. The number of amides is 2. The molecule has 0 bridgehead atoms. The van der Waals surface area contributed by atoms with E-state index in [1.807, 2.05) is 0 Å². The summed E-state index contributed by atoms with van der Waals surface area (Å²) in [5.41, 5.74) is 4.95. The van der Waals surface area contributed by atoms with Crippen LogP contribution in [0.4, 0.5) is 8.78 Å². The quantitative estimate of drug-likeness (QED) is 0.834. The van der Waals surface area contributed by atoms with E-state index in [1.54, 1.807) is 17.5 Å². The largest absolute Gasteiger partial charge is 0.348 e. The fourth-order valence-electron chi connectivity index (χ4n) is 2.40. The second kappa shape index (κ2) is 8.56. The summed E-state index contributed by atoms with van der Waals surface area (Å²) in [7, 11) is 0. The number of carbonyl (C=O) groups excluding carboxylic acids is 2. The summed E-state index contributed by atoms with van der Waals surface area (Å²) in [5.74, 6) is -3.90. The Labute approximate surface area is 143 Å². The number of nitrogens with one attached hydrogen (secondary N) is 1. The molecule has 1 unspecified atom stereocenters. The third-order valence-corrected chi connectivity index (χ3v) is 4.48. The van der Waals surface area contributed by atoms with Crippen LogP contribution in [0.3, 0.4) is 0 Å². The molecule has 130 valence electrons. The van der Waals surface area contributed by atoms with E-state index in [4.69, 9.17) is 5.73 Å². The van der Waals surface area contributed by atoms with Gasteiger partial charge >= 0.3 is 0 Å². The number of halogens is 3. The average molecular weight is 368 g/mol. The minimum atomic E-state index is -3.13. The molecule has 0 saturated carbocycles. The van der Waals surface area contributed by atoms with Gasteiger partial charge in [0.1, 0.15) is 6.04 Å². The van der Waals surface area contributed by atoms with Gasteiger partial charge in [-0.05, 0) is 30.7 Å². The first kappa shape index (κ1) is 19.8. The highest BCUT2D eigenvalue weighted by molar-refractivity contribution is 7.12. The Bertz CT molecular complexity index is 528. The lowest BCUT2D eigenvalue weighted by atomic mass is 10.0. The molecule has 1 fully saturated rings. The molecule has 1 aromatic rings.